The van der Waals surface area contributed by atoms with E-state index in [1.807, 2.05) is 7.05 Å². The fourth-order valence-electron chi connectivity index (χ4n) is 2.89. The molecule has 116 valence electrons. The van der Waals surface area contributed by atoms with Crippen molar-refractivity contribution in [1.29, 1.82) is 0 Å². The van der Waals surface area contributed by atoms with Crippen molar-refractivity contribution in [3.63, 3.8) is 0 Å². The summed E-state index contributed by atoms with van der Waals surface area (Å²) in [6.45, 7) is 5.66. The molecule has 0 aromatic carbocycles. The van der Waals surface area contributed by atoms with E-state index >= 15 is 0 Å². The normalized spacial score (nSPS) is 17.6. The minimum absolute atomic E-state index is 0.00898. The molecule has 0 aromatic heterocycles. The molecule has 0 unspecified atom stereocenters. The van der Waals surface area contributed by atoms with Gasteiger partial charge < -0.3 is 15.3 Å². The van der Waals surface area contributed by atoms with Gasteiger partial charge in [0.1, 0.15) is 0 Å². The van der Waals surface area contributed by atoms with Crippen molar-refractivity contribution >= 4 is 11.9 Å². The standard InChI is InChI=1S/C15H28N2O3/c1-12(2)17(3)9-8-16-13(18)10-15(11-14(19)20)6-4-5-7-15/h12H,4-11H2,1-3H3,(H,16,18)(H,19,20). The molecule has 1 aliphatic rings. The predicted molar refractivity (Wildman–Crippen MR) is 78.5 cm³/mol. The number of carboxylic acid groups (broad SMARTS) is 1. The van der Waals surface area contributed by atoms with Gasteiger partial charge in [-0.3, -0.25) is 9.59 Å². The third-order valence-electron chi connectivity index (χ3n) is 4.39. The van der Waals surface area contributed by atoms with E-state index in [2.05, 4.69) is 24.1 Å². The van der Waals surface area contributed by atoms with Crippen molar-refractivity contribution in [3.8, 4) is 0 Å². The van der Waals surface area contributed by atoms with Gasteiger partial charge in [0.15, 0.2) is 0 Å². The first-order valence-corrected chi connectivity index (χ1v) is 7.53. The number of nitrogens with zero attached hydrogens (tertiary/aromatic N) is 1. The largest absolute Gasteiger partial charge is 0.481 e. The first kappa shape index (κ1) is 17.0. The van der Waals surface area contributed by atoms with E-state index in [4.69, 9.17) is 5.11 Å². The lowest BCUT2D eigenvalue weighted by Crippen LogP contribution is -2.38. The van der Waals surface area contributed by atoms with E-state index in [9.17, 15) is 9.59 Å². The third-order valence-corrected chi connectivity index (χ3v) is 4.39. The molecule has 0 spiro atoms. The smallest absolute Gasteiger partial charge is 0.303 e. The van der Waals surface area contributed by atoms with E-state index in [-0.39, 0.29) is 17.7 Å². The summed E-state index contributed by atoms with van der Waals surface area (Å²) >= 11 is 0. The molecule has 2 N–H and O–H groups in total. The minimum atomic E-state index is -0.792. The Balaban J connectivity index is 2.37. The Labute approximate surface area is 121 Å². The molecule has 0 aromatic rings. The molecule has 0 heterocycles. The lowest BCUT2D eigenvalue weighted by atomic mass is 9.79. The average Bonchev–Trinajstić information content (AvgIpc) is 2.75. The molecule has 5 heteroatoms. The molecule has 20 heavy (non-hydrogen) atoms. The highest BCUT2D eigenvalue weighted by Crippen LogP contribution is 2.43. The maximum atomic E-state index is 12.0. The van der Waals surface area contributed by atoms with Gasteiger partial charge in [0.2, 0.25) is 5.91 Å². The highest BCUT2D eigenvalue weighted by atomic mass is 16.4. The monoisotopic (exact) mass is 284 g/mol. The summed E-state index contributed by atoms with van der Waals surface area (Å²) in [7, 11) is 2.03. The van der Waals surface area contributed by atoms with Crippen LogP contribution in [0.15, 0.2) is 0 Å². The van der Waals surface area contributed by atoms with Crippen molar-refractivity contribution in [2.45, 2.75) is 58.4 Å². The zero-order chi connectivity index (χ0) is 15.2. The Kier molecular flexibility index (Phi) is 6.46. The Morgan fingerprint density at radius 2 is 1.85 bits per heavy atom. The molecule has 0 bridgehead atoms. The number of carboxylic acids is 1. The second kappa shape index (κ2) is 7.62. The van der Waals surface area contributed by atoms with Gasteiger partial charge >= 0.3 is 5.97 Å². The summed E-state index contributed by atoms with van der Waals surface area (Å²) in [5.41, 5.74) is -0.306. The van der Waals surface area contributed by atoms with E-state index in [0.29, 0.717) is 19.0 Å². The number of hydrogen-bond donors (Lipinski definition) is 2. The lowest BCUT2D eigenvalue weighted by Gasteiger charge is -2.27. The van der Waals surface area contributed by atoms with Gasteiger partial charge in [-0.15, -0.1) is 0 Å². The number of carbonyl (C=O) groups excluding carboxylic acids is 1. The van der Waals surface area contributed by atoms with E-state index in [1.54, 1.807) is 0 Å². The van der Waals surface area contributed by atoms with Crippen molar-refractivity contribution in [2.75, 3.05) is 20.1 Å². The number of rotatable bonds is 8. The number of hydrogen-bond acceptors (Lipinski definition) is 3. The van der Waals surface area contributed by atoms with Gasteiger partial charge in [0.25, 0.3) is 0 Å². The molecular weight excluding hydrogens is 256 g/mol. The summed E-state index contributed by atoms with van der Waals surface area (Å²) in [6, 6.07) is 0.458. The fraction of sp³-hybridized carbons (Fsp3) is 0.867. The maximum absolute atomic E-state index is 12.0. The zero-order valence-corrected chi connectivity index (χ0v) is 12.9. The van der Waals surface area contributed by atoms with Gasteiger partial charge in [-0.05, 0) is 39.2 Å². The highest BCUT2D eigenvalue weighted by Gasteiger charge is 2.37. The first-order chi connectivity index (χ1) is 9.34. The van der Waals surface area contributed by atoms with Crippen LogP contribution in [0.2, 0.25) is 0 Å². The average molecular weight is 284 g/mol. The van der Waals surface area contributed by atoms with Crippen LogP contribution in [-0.2, 0) is 9.59 Å². The highest BCUT2D eigenvalue weighted by molar-refractivity contribution is 5.78. The van der Waals surface area contributed by atoms with Crippen molar-refractivity contribution in [1.82, 2.24) is 10.2 Å². The third kappa shape index (κ3) is 5.49. The fourth-order valence-corrected chi connectivity index (χ4v) is 2.89. The Bertz CT molecular complexity index is 336. The molecule has 1 amide bonds. The van der Waals surface area contributed by atoms with Gasteiger partial charge in [-0.2, -0.15) is 0 Å². The number of likely N-dealkylation sites (N-methyl/N-ethyl adjacent to an activating group) is 1. The Hall–Kier alpha value is -1.10. The molecule has 0 radical (unpaired) electrons. The van der Waals surface area contributed by atoms with Crippen molar-refractivity contribution in [2.24, 2.45) is 5.41 Å². The van der Waals surface area contributed by atoms with Crippen LogP contribution in [0, 0.1) is 5.41 Å². The van der Waals surface area contributed by atoms with Crippen LogP contribution in [0.4, 0.5) is 0 Å². The van der Waals surface area contributed by atoms with Crippen LogP contribution in [0.25, 0.3) is 0 Å². The van der Waals surface area contributed by atoms with Crippen LogP contribution in [0.5, 0.6) is 0 Å². The summed E-state index contributed by atoms with van der Waals surface area (Å²) in [5, 5.41) is 11.9. The number of carbonyl (C=O) groups is 2. The molecule has 0 aliphatic heterocycles. The van der Waals surface area contributed by atoms with Crippen molar-refractivity contribution in [3.05, 3.63) is 0 Å². The van der Waals surface area contributed by atoms with E-state index < -0.39 is 5.97 Å². The summed E-state index contributed by atoms with van der Waals surface area (Å²) < 4.78 is 0. The number of amides is 1. The van der Waals surface area contributed by atoms with Crippen LogP contribution in [-0.4, -0.2) is 48.1 Å². The first-order valence-electron chi connectivity index (χ1n) is 7.53. The lowest BCUT2D eigenvalue weighted by molar-refractivity contribution is -0.140. The SMILES string of the molecule is CC(C)N(C)CCNC(=O)CC1(CC(=O)O)CCCC1. The molecule has 1 aliphatic carbocycles. The summed E-state index contributed by atoms with van der Waals surface area (Å²) in [6.07, 6.45) is 4.27. The Morgan fingerprint density at radius 3 is 2.35 bits per heavy atom. The summed E-state index contributed by atoms with van der Waals surface area (Å²) in [4.78, 5) is 25.2. The number of nitrogens with one attached hydrogen (secondary N) is 1. The summed E-state index contributed by atoms with van der Waals surface area (Å²) in [5.74, 6) is -0.801. The van der Waals surface area contributed by atoms with E-state index in [1.165, 1.54) is 0 Å². The van der Waals surface area contributed by atoms with Gasteiger partial charge in [0, 0.05) is 25.6 Å². The minimum Gasteiger partial charge on any atom is -0.481 e. The number of aliphatic carboxylic acids is 1. The van der Waals surface area contributed by atoms with E-state index in [0.717, 1.165) is 32.2 Å². The van der Waals surface area contributed by atoms with Gasteiger partial charge in [-0.25, -0.2) is 0 Å². The van der Waals surface area contributed by atoms with Crippen LogP contribution in [0.3, 0.4) is 0 Å². The van der Waals surface area contributed by atoms with Crippen LogP contribution in [0.1, 0.15) is 52.4 Å². The maximum Gasteiger partial charge on any atom is 0.303 e. The molecule has 5 nitrogen and oxygen atoms in total. The Morgan fingerprint density at radius 1 is 1.25 bits per heavy atom. The van der Waals surface area contributed by atoms with Crippen LogP contribution < -0.4 is 5.32 Å². The molecule has 0 saturated heterocycles. The topological polar surface area (TPSA) is 69.6 Å². The molecular formula is C15H28N2O3. The molecule has 1 rings (SSSR count). The predicted octanol–water partition coefficient (Wildman–Crippen LogP) is 1.87. The quantitative estimate of drug-likeness (QED) is 0.714. The second-order valence-electron chi connectivity index (χ2n) is 6.38. The molecule has 1 fully saturated rings. The van der Waals surface area contributed by atoms with Gasteiger partial charge in [0.05, 0.1) is 6.42 Å². The van der Waals surface area contributed by atoms with Gasteiger partial charge in [-0.1, -0.05) is 12.8 Å². The molecule has 1 saturated carbocycles. The van der Waals surface area contributed by atoms with Crippen LogP contribution >= 0.6 is 0 Å². The second-order valence-corrected chi connectivity index (χ2v) is 6.38. The van der Waals surface area contributed by atoms with Crippen molar-refractivity contribution < 1.29 is 14.7 Å². The molecule has 0 atom stereocenters. The zero-order valence-electron chi connectivity index (χ0n) is 12.9.